The Bertz CT molecular complexity index is 405. The first-order valence-electron chi connectivity index (χ1n) is 17.4. The number of halogens is 1. The zero-order chi connectivity index (χ0) is 26.7. The lowest BCUT2D eigenvalue weighted by atomic mass is 10.1. The van der Waals surface area contributed by atoms with E-state index in [1.807, 2.05) is 0 Å². The monoisotopic (exact) mass is 554 g/mol. The number of allylic oxidation sites excluding steroid dienone is 4. The summed E-state index contributed by atoms with van der Waals surface area (Å²) in [6.45, 7) is 7.04. The molecule has 0 saturated carbocycles. The van der Waals surface area contributed by atoms with Gasteiger partial charge in [-0.05, 0) is 77.3 Å². The molecule has 2 heteroatoms. The molecule has 1 N–H and O–H groups in total. The highest BCUT2D eigenvalue weighted by Gasteiger charge is 1.94. The van der Waals surface area contributed by atoms with Crippen LogP contribution in [-0.2, 0) is 0 Å². The molecule has 0 radical (unpaired) electrons. The number of hydrogen-bond donors (Lipinski definition) is 1. The second kappa shape index (κ2) is 38.9. The molecule has 0 bridgehead atoms. The molecule has 0 fully saturated rings. The molecule has 0 unspecified atom stereocenters. The molecular weight excluding hydrogens is 482 g/mol. The van der Waals surface area contributed by atoms with Gasteiger partial charge >= 0.3 is 0 Å². The van der Waals surface area contributed by atoms with Gasteiger partial charge in [0, 0.05) is 0 Å². The Hall–Kier alpha value is -0.270. The van der Waals surface area contributed by atoms with E-state index in [-0.39, 0.29) is 12.4 Å². The van der Waals surface area contributed by atoms with E-state index in [9.17, 15) is 0 Å². The van der Waals surface area contributed by atoms with E-state index in [0.29, 0.717) is 0 Å². The third-order valence-electron chi connectivity index (χ3n) is 7.73. The molecule has 0 saturated heterocycles. The topological polar surface area (TPSA) is 12.0 Å². The van der Waals surface area contributed by atoms with Crippen LogP contribution in [0.2, 0.25) is 0 Å². The SMILES string of the molecule is CCCCCCCCC=CCCCCCCCCNCCCCCCCCC=CCCCCCCCC.Cl. The van der Waals surface area contributed by atoms with Crippen molar-refractivity contribution in [2.45, 2.75) is 194 Å². The lowest BCUT2D eigenvalue weighted by Crippen LogP contribution is -2.16. The van der Waals surface area contributed by atoms with Gasteiger partial charge in [-0.25, -0.2) is 0 Å². The first-order chi connectivity index (χ1) is 18.4. The van der Waals surface area contributed by atoms with Crippen LogP contribution in [0.5, 0.6) is 0 Å². The normalized spacial score (nSPS) is 11.6. The van der Waals surface area contributed by atoms with E-state index in [2.05, 4.69) is 43.5 Å². The van der Waals surface area contributed by atoms with Crippen molar-refractivity contribution in [3.05, 3.63) is 24.3 Å². The van der Waals surface area contributed by atoms with Crippen molar-refractivity contribution in [3.8, 4) is 0 Å². The summed E-state index contributed by atoms with van der Waals surface area (Å²) in [5, 5.41) is 3.67. The fraction of sp³-hybridized carbons (Fsp3) is 0.889. The first kappa shape index (κ1) is 39.9. The summed E-state index contributed by atoms with van der Waals surface area (Å²) in [7, 11) is 0. The molecule has 0 heterocycles. The number of hydrogen-bond acceptors (Lipinski definition) is 1. The minimum absolute atomic E-state index is 0. The van der Waals surface area contributed by atoms with Gasteiger partial charge in [-0.2, -0.15) is 0 Å². The molecule has 0 aromatic rings. The second-order valence-corrected chi connectivity index (χ2v) is 11.6. The molecule has 0 aliphatic carbocycles. The Morgan fingerprint density at radius 3 is 0.842 bits per heavy atom. The zero-order valence-electron chi connectivity index (χ0n) is 26.4. The molecule has 0 aliphatic rings. The van der Waals surface area contributed by atoms with Crippen molar-refractivity contribution in [2.75, 3.05) is 13.1 Å². The van der Waals surface area contributed by atoms with E-state index >= 15 is 0 Å². The molecule has 0 amide bonds. The highest BCUT2D eigenvalue weighted by atomic mass is 35.5. The van der Waals surface area contributed by atoms with Crippen molar-refractivity contribution < 1.29 is 0 Å². The van der Waals surface area contributed by atoms with Crippen LogP contribution in [0.3, 0.4) is 0 Å². The minimum Gasteiger partial charge on any atom is -0.317 e. The maximum Gasteiger partial charge on any atom is -0.00489 e. The summed E-state index contributed by atoms with van der Waals surface area (Å²) in [6.07, 6.45) is 48.8. The predicted molar refractivity (Wildman–Crippen MR) is 179 cm³/mol. The van der Waals surface area contributed by atoms with Crippen molar-refractivity contribution in [1.29, 1.82) is 0 Å². The fourth-order valence-corrected chi connectivity index (χ4v) is 5.12. The van der Waals surface area contributed by atoms with Gasteiger partial charge in [0.15, 0.2) is 0 Å². The summed E-state index contributed by atoms with van der Waals surface area (Å²) >= 11 is 0. The lowest BCUT2D eigenvalue weighted by Gasteiger charge is -2.05. The molecular formula is C36H72ClN. The molecule has 0 spiro atoms. The van der Waals surface area contributed by atoms with Crippen LogP contribution in [0.15, 0.2) is 24.3 Å². The van der Waals surface area contributed by atoms with Crippen LogP contribution in [0, 0.1) is 0 Å². The van der Waals surface area contributed by atoms with Crippen molar-refractivity contribution >= 4 is 12.4 Å². The molecule has 0 aromatic heterocycles. The molecule has 0 aliphatic heterocycles. The van der Waals surface area contributed by atoms with Crippen molar-refractivity contribution in [1.82, 2.24) is 5.32 Å². The van der Waals surface area contributed by atoms with Crippen molar-refractivity contribution in [2.24, 2.45) is 0 Å². The van der Waals surface area contributed by atoms with Crippen LogP contribution in [0.25, 0.3) is 0 Å². The Morgan fingerprint density at radius 2 is 0.553 bits per heavy atom. The summed E-state index contributed by atoms with van der Waals surface area (Å²) < 4.78 is 0. The largest absolute Gasteiger partial charge is 0.317 e. The number of unbranched alkanes of at least 4 members (excludes halogenated alkanes) is 24. The van der Waals surface area contributed by atoms with Crippen LogP contribution in [0.1, 0.15) is 194 Å². The van der Waals surface area contributed by atoms with E-state index in [1.165, 1.54) is 193 Å². The first-order valence-corrected chi connectivity index (χ1v) is 17.4. The van der Waals surface area contributed by atoms with Gasteiger partial charge < -0.3 is 5.32 Å². The zero-order valence-corrected chi connectivity index (χ0v) is 27.2. The molecule has 1 nitrogen and oxygen atoms in total. The highest BCUT2D eigenvalue weighted by molar-refractivity contribution is 5.85. The molecule has 38 heavy (non-hydrogen) atoms. The molecule has 0 aromatic carbocycles. The molecule has 0 rings (SSSR count). The van der Waals surface area contributed by atoms with Gasteiger partial charge in [0.25, 0.3) is 0 Å². The smallest absolute Gasteiger partial charge is 0.00489 e. The van der Waals surface area contributed by atoms with Crippen LogP contribution < -0.4 is 5.32 Å². The van der Waals surface area contributed by atoms with Crippen LogP contribution in [0.4, 0.5) is 0 Å². The third-order valence-corrected chi connectivity index (χ3v) is 7.73. The third kappa shape index (κ3) is 37.9. The Kier molecular flexibility index (Phi) is 40.8. The molecule has 228 valence electrons. The van der Waals surface area contributed by atoms with E-state index in [4.69, 9.17) is 0 Å². The van der Waals surface area contributed by atoms with Crippen molar-refractivity contribution in [3.63, 3.8) is 0 Å². The second-order valence-electron chi connectivity index (χ2n) is 11.6. The fourth-order valence-electron chi connectivity index (χ4n) is 5.12. The average molecular weight is 554 g/mol. The van der Waals surface area contributed by atoms with Gasteiger partial charge in [0.1, 0.15) is 0 Å². The Balaban J connectivity index is 0. The number of nitrogens with one attached hydrogen (secondary N) is 1. The number of rotatable bonds is 32. The van der Waals surface area contributed by atoms with Gasteiger partial charge in [0.05, 0.1) is 0 Å². The van der Waals surface area contributed by atoms with Crippen LogP contribution in [-0.4, -0.2) is 13.1 Å². The van der Waals surface area contributed by atoms with Crippen LogP contribution >= 0.6 is 12.4 Å². The standard InChI is InChI=1S/C36H71N.ClH/c1-3-5-7-9-11-13-15-17-19-21-23-25-27-29-31-33-35-37-36-34-32-30-28-26-24-22-20-18-16-14-12-10-8-6-4-2;/h17-20,37H,3-16,21-36H2,1-2H3;1H. The summed E-state index contributed by atoms with van der Waals surface area (Å²) in [5.41, 5.74) is 0. The lowest BCUT2D eigenvalue weighted by molar-refractivity contribution is 0.539. The van der Waals surface area contributed by atoms with Gasteiger partial charge in [-0.3, -0.25) is 0 Å². The average Bonchev–Trinajstić information content (AvgIpc) is 2.91. The molecule has 0 atom stereocenters. The van der Waals surface area contributed by atoms with E-state index in [1.54, 1.807) is 0 Å². The van der Waals surface area contributed by atoms with E-state index < -0.39 is 0 Å². The van der Waals surface area contributed by atoms with Gasteiger partial charge in [-0.1, -0.05) is 154 Å². The predicted octanol–water partition coefficient (Wildman–Crippen LogP) is 13.1. The quantitative estimate of drug-likeness (QED) is 0.0644. The van der Waals surface area contributed by atoms with E-state index in [0.717, 1.165) is 0 Å². The highest BCUT2D eigenvalue weighted by Crippen LogP contribution is 2.11. The summed E-state index contributed by atoms with van der Waals surface area (Å²) in [4.78, 5) is 0. The maximum atomic E-state index is 3.67. The minimum atomic E-state index is 0. The Labute approximate surface area is 248 Å². The summed E-state index contributed by atoms with van der Waals surface area (Å²) in [5.74, 6) is 0. The van der Waals surface area contributed by atoms with Gasteiger partial charge in [0.2, 0.25) is 0 Å². The maximum absolute atomic E-state index is 3.67. The summed E-state index contributed by atoms with van der Waals surface area (Å²) in [6, 6.07) is 0. The van der Waals surface area contributed by atoms with Gasteiger partial charge in [-0.15, -0.1) is 12.4 Å². The Morgan fingerprint density at radius 1 is 0.316 bits per heavy atom.